The molecule has 1 aliphatic heterocycles. The van der Waals surface area contributed by atoms with Crippen LogP contribution in [-0.2, 0) is 20.0 Å². The Hall–Kier alpha value is -1.96. The Morgan fingerprint density at radius 3 is 2.02 bits per heavy atom. The predicted octanol–water partition coefficient (Wildman–Crippen LogP) is 6.93. The number of aromatic nitrogens is 1. The van der Waals surface area contributed by atoms with Crippen LogP contribution in [0.4, 0.5) is 10.5 Å². The number of hydrogen-bond donors (Lipinski definition) is 2. The number of nitrogens with zero attached hydrogens (tertiary/aromatic N) is 2. The second-order valence-electron chi connectivity index (χ2n) is 16.6. The van der Waals surface area contributed by atoms with E-state index in [0.29, 0.717) is 18.7 Å². The SMILES string of the molecule is CC1CN(c2c(C(N)=O)cnc3c2CCC3O[Si](C)(C)C(C)(C)C)CC(NC(=O)OC(C)(C)C)C1O[Si](C)(C)C(C)(C)C. The molecule has 3 N–H and O–H groups in total. The largest absolute Gasteiger partial charge is 0.444 e. The molecule has 1 aromatic rings. The van der Waals surface area contributed by atoms with E-state index in [1.807, 2.05) is 20.8 Å². The van der Waals surface area contributed by atoms with Crippen LogP contribution in [0.25, 0.3) is 0 Å². The Morgan fingerprint density at radius 1 is 0.953 bits per heavy atom. The molecule has 9 nitrogen and oxygen atoms in total. The van der Waals surface area contributed by atoms with Gasteiger partial charge in [0.15, 0.2) is 16.6 Å². The number of nitrogens with two attached hydrogens (primary N) is 1. The van der Waals surface area contributed by atoms with Crippen molar-refractivity contribution < 1.29 is 23.2 Å². The third-order valence-corrected chi connectivity index (χ3v) is 18.8. The molecule has 0 radical (unpaired) electrons. The molecule has 0 aromatic carbocycles. The van der Waals surface area contributed by atoms with Gasteiger partial charge in [-0.05, 0) is 69.9 Å². The lowest BCUT2D eigenvalue weighted by molar-refractivity contribution is 0.0336. The molecule has 4 atom stereocenters. The molecule has 2 heterocycles. The summed E-state index contributed by atoms with van der Waals surface area (Å²) in [6.45, 7) is 31.2. The Morgan fingerprint density at radius 2 is 1.51 bits per heavy atom. The monoisotopic (exact) mass is 634 g/mol. The van der Waals surface area contributed by atoms with E-state index in [0.717, 1.165) is 29.8 Å². The lowest BCUT2D eigenvalue weighted by atomic mass is 9.91. The molecule has 3 rings (SSSR count). The van der Waals surface area contributed by atoms with Crippen molar-refractivity contribution in [3.63, 3.8) is 0 Å². The molecule has 0 spiro atoms. The molecule has 2 amide bonds. The van der Waals surface area contributed by atoms with Crippen molar-refractivity contribution >= 4 is 34.3 Å². The number of anilines is 1. The number of alkyl carbamates (subject to hydrolysis) is 1. The third kappa shape index (κ3) is 8.01. The highest BCUT2D eigenvalue weighted by atomic mass is 28.4. The van der Waals surface area contributed by atoms with Crippen molar-refractivity contribution in [2.45, 2.75) is 142 Å². The van der Waals surface area contributed by atoms with Crippen LogP contribution in [-0.4, -0.2) is 64.5 Å². The average molecular weight is 635 g/mol. The predicted molar refractivity (Wildman–Crippen MR) is 179 cm³/mol. The lowest BCUT2D eigenvalue weighted by Gasteiger charge is -2.49. The second kappa shape index (κ2) is 12.1. The van der Waals surface area contributed by atoms with Crippen molar-refractivity contribution in [1.82, 2.24) is 10.3 Å². The molecular formula is C32H58N4O5Si2. The first-order chi connectivity index (χ1) is 19.3. The van der Waals surface area contributed by atoms with Gasteiger partial charge in [-0.3, -0.25) is 9.78 Å². The number of carbonyl (C=O) groups excluding carboxylic acids is 2. The molecular weight excluding hydrogens is 577 g/mol. The molecule has 1 aromatic heterocycles. The first-order valence-corrected chi connectivity index (χ1v) is 21.6. The van der Waals surface area contributed by atoms with Crippen LogP contribution in [0.1, 0.15) is 103 Å². The van der Waals surface area contributed by atoms with Gasteiger partial charge < -0.3 is 29.5 Å². The topological polar surface area (TPSA) is 116 Å². The highest BCUT2D eigenvalue weighted by molar-refractivity contribution is 6.74. The summed E-state index contributed by atoms with van der Waals surface area (Å²) in [6, 6.07) is -0.363. The quantitative estimate of drug-likeness (QED) is 0.313. The molecule has 1 saturated heterocycles. The van der Waals surface area contributed by atoms with Gasteiger partial charge >= 0.3 is 6.09 Å². The van der Waals surface area contributed by atoms with E-state index < -0.39 is 34.2 Å². The number of nitrogens with one attached hydrogen (secondary N) is 1. The van der Waals surface area contributed by atoms with Gasteiger partial charge in [-0.25, -0.2) is 4.79 Å². The zero-order chi connectivity index (χ0) is 32.9. The highest BCUT2D eigenvalue weighted by Gasteiger charge is 2.47. The van der Waals surface area contributed by atoms with E-state index in [9.17, 15) is 9.59 Å². The van der Waals surface area contributed by atoms with Gasteiger partial charge in [0.05, 0.1) is 35.2 Å². The Labute approximate surface area is 262 Å². The number of carbonyl (C=O) groups is 2. The summed E-state index contributed by atoms with van der Waals surface area (Å²) in [5.41, 5.74) is 8.44. The minimum atomic E-state index is -2.18. The van der Waals surface area contributed by atoms with Gasteiger partial charge in [-0.2, -0.15) is 0 Å². The van der Waals surface area contributed by atoms with E-state index in [2.05, 4.69) is 84.9 Å². The van der Waals surface area contributed by atoms with Crippen LogP contribution in [0.15, 0.2) is 6.20 Å². The smallest absolute Gasteiger partial charge is 0.408 e. The highest BCUT2D eigenvalue weighted by Crippen LogP contribution is 2.46. The fourth-order valence-corrected chi connectivity index (χ4v) is 8.16. The lowest BCUT2D eigenvalue weighted by Crippen LogP contribution is -2.63. The molecule has 244 valence electrons. The van der Waals surface area contributed by atoms with Gasteiger partial charge in [0.25, 0.3) is 5.91 Å². The van der Waals surface area contributed by atoms with E-state index >= 15 is 0 Å². The number of rotatable bonds is 7. The van der Waals surface area contributed by atoms with Crippen LogP contribution in [0, 0.1) is 5.92 Å². The van der Waals surface area contributed by atoms with Gasteiger partial charge in [-0.15, -0.1) is 0 Å². The molecule has 1 fully saturated rings. The number of primary amides is 1. The summed E-state index contributed by atoms with van der Waals surface area (Å²) in [5, 5.41) is 3.21. The maximum absolute atomic E-state index is 13.1. The zero-order valence-corrected chi connectivity index (χ0v) is 31.2. The van der Waals surface area contributed by atoms with Crippen molar-refractivity contribution in [3.8, 4) is 0 Å². The minimum absolute atomic E-state index is 0.00451. The molecule has 0 saturated carbocycles. The van der Waals surface area contributed by atoms with E-state index in [1.165, 1.54) is 0 Å². The molecule has 0 bridgehead atoms. The first kappa shape index (κ1) is 35.5. The summed E-state index contributed by atoms with van der Waals surface area (Å²) < 4.78 is 19.5. The van der Waals surface area contributed by atoms with Crippen LogP contribution < -0.4 is 16.0 Å². The molecule has 4 unspecified atom stereocenters. The number of pyridine rings is 1. The number of piperidine rings is 1. The molecule has 43 heavy (non-hydrogen) atoms. The summed E-state index contributed by atoms with van der Waals surface area (Å²) in [4.78, 5) is 32.9. The second-order valence-corrected chi connectivity index (χ2v) is 26.1. The van der Waals surface area contributed by atoms with Crippen molar-refractivity contribution in [2.75, 3.05) is 18.0 Å². The summed E-state index contributed by atoms with van der Waals surface area (Å²) in [5.74, 6) is -0.462. The summed E-state index contributed by atoms with van der Waals surface area (Å²) >= 11 is 0. The van der Waals surface area contributed by atoms with Crippen LogP contribution >= 0.6 is 0 Å². The molecule has 2 aliphatic rings. The maximum Gasteiger partial charge on any atom is 0.408 e. The van der Waals surface area contributed by atoms with Crippen LogP contribution in [0.5, 0.6) is 0 Å². The Bertz CT molecular complexity index is 1200. The molecule has 1 aliphatic carbocycles. The number of fused-ring (bicyclic) bond motifs is 1. The van der Waals surface area contributed by atoms with Crippen molar-refractivity contribution in [3.05, 3.63) is 23.0 Å². The number of ether oxygens (including phenoxy) is 1. The fourth-order valence-electron chi connectivity index (χ4n) is 5.43. The Kier molecular flexibility index (Phi) is 9.99. The van der Waals surface area contributed by atoms with Crippen molar-refractivity contribution in [2.24, 2.45) is 11.7 Å². The first-order valence-electron chi connectivity index (χ1n) is 15.8. The van der Waals surface area contributed by atoms with Crippen molar-refractivity contribution in [1.29, 1.82) is 0 Å². The van der Waals surface area contributed by atoms with E-state index in [4.69, 9.17) is 24.3 Å². The zero-order valence-electron chi connectivity index (χ0n) is 29.2. The number of hydrogen-bond acceptors (Lipinski definition) is 7. The Balaban J connectivity index is 2.04. The van der Waals surface area contributed by atoms with Gasteiger partial charge in [0.1, 0.15) is 5.60 Å². The third-order valence-electron chi connectivity index (χ3n) is 9.79. The molecule has 11 heteroatoms. The van der Waals surface area contributed by atoms with Crippen LogP contribution in [0.3, 0.4) is 0 Å². The van der Waals surface area contributed by atoms with Crippen LogP contribution in [0.2, 0.25) is 36.3 Å². The summed E-state index contributed by atoms with van der Waals surface area (Å²) in [7, 11) is -4.23. The van der Waals surface area contributed by atoms with Gasteiger partial charge in [0, 0.05) is 30.8 Å². The summed E-state index contributed by atoms with van der Waals surface area (Å²) in [6.07, 6.45) is 2.35. The number of amides is 2. The average Bonchev–Trinajstić information content (AvgIpc) is 3.19. The minimum Gasteiger partial charge on any atom is -0.444 e. The fraction of sp³-hybridized carbons (Fsp3) is 0.781. The van der Waals surface area contributed by atoms with Gasteiger partial charge in [-0.1, -0.05) is 48.5 Å². The maximum atomic E-state index is 13.1. The van der Waals surface area contributed by atoms with E-state index in [-0.39, 0.29) is 34.2 Å². The normalized spacial score (nSPS) is 23.6. The standard InChI is InChI=1S/C32H58N4O5Si2/c1-20-18-36(19-23(35-29(38)39-30(2,3)4)27(20)41-43(13,14)32(8,9)10)26-21-15-16-24(40-42(11,12)31(5,6)7)25(21)34-17-22(26)28(33)37/h17,20,23-24,27H,15-16,18-19H2,1-14H3,(H2,33,37)(H,35,38). The van der Waals surface area contributed by atoms with Gasteiger partial charge in [0.2, 0.25) is 0 Å². The van der Waals surface area contributed by atoms with E-state index in [1.54, 1.807) is 6.20 Å².